The van der Waals surface area contributed by atoms with Gasteiger partial charge in [-0.3, -0.25) is 4.79 Å². The molecule has 0 fully saturated rings. The van der Waals surface area contributed by atoms with Crippen LogP contribution in [0.25, 0.3) is 10.4 Å². The summed E-state index contributed by atoms with van der Waals surface area (Å²) in [6.45, 7) is 3.80. The van der Waals surface area contributed by atoms with Gasteiger partial charge in [-0.15, -0.1) is 23.1 Å². The lowest BCUT2D eigenvalue weighted by molar-refractivity contribution is -0.115. The molecule has 0 radical (unpaired) electrons. The predicted octanol–water partition coefficient (Wildman–Crippen LogP) is 3.64. The van der Waals surface area contributed by atoms with Crippen molar-refractivity contribution >= 4 is 40.0 Å². The largest absolute Gasteiger partial charge is 0.462 e. The highest BCUT2D eigenvalue weighted by atomic mass is 32.2. The minimum absolute atomic E-state index is 0.0213. The quantitative estimate of drug-likeness (QED) is 0.685. The molecule has 134 valence electrons. The minimum Gasteiger partial charge on any atom is -0.462 e. The van der Waals surface area contributed by atoms with Crippen molar-refractivity contribution < 1.29 is 19.4 Å². The summed E-state index contributed by atoms with van der Waals surface area (Å²) in [6, 6.07) is 11.4. The van der Waals surface area contributed by atoms with Crippen LogP contribution in [0, 0.1) is 0 Å². The van der Waals surface area contributed by atoms with E-state index in [4.69, 9.17) is 9.84 Å². The molecule has 5 nitrogen and oxygen atoms in total. The van der Waals surface area contributed by atoms with Gasteiger partial charge in [-0.25, -0.2) is 4.79 Å². The van der Waals surface area contributed by atoms with Gasteiger partial charge in [0.15, 0.2) is 0 Å². The second-order valence-corrected chi connectivity index (χ2v) is 7.67. The Bertz CT molecular complexity index is 715. The molecule has 0 aliphatic carbocycles. The Morgan fingerprint density at radius 2 is 2.04 bits per heavy atom. The topological polar surface area (TPSA) is 75.6 Å². The highest BCUT2D eigenvalue weighted by molar-refractivity contribution is 8.00. The van der Waals surface area contributed by atoms with Crippen molar-refractivity contribution in [3.8, 4) is 10.4 Å². The van der Waals surface area contributed by atoms with Crippen LogP contribution in [0.3, 0.4) is 0 Å². The third-order valence-corrected chi connectivity index (χ3v) is 5.58. The first-order valence-corrected chi connectivity index (χ1v) is 9.83. The molecule has 2 rings (SSSR count). The summed E-state index contributed by atoms with van der Waals surface area (Å²) in [4.78, 5) is 25.5. The maximum absolute atomic E-state index is 12.3. The number of amides is 1. The second-order valence-electron chi connectivity index (χ2n) is 5.17. The fraction of sp³-hybridized carbons (Fsp3) is 0.333. The molecule has 0 aliphatic rings. The minimum atomic E-state index is -0.452. The van der Waals surface area contributed by atoms with E-state index in [9.17, 15) is 9.59 Å². The van der Waals surface area contributed by atoms with Crippen LogP contribution in [0.4, 0.5) is 5.00 Å². The van der Waals surface area contributed by atoms with E-state index in [1.807, 2.05) is 30.3 Å². The molecule has 1 aromatic heterocycles. The summed E-state index contributed by atoms with van der Waals surface area (Å²) in [5.41, 5.74) is 1.33. The average Bonchev–Trinajstić information content (AvgIpc) is 3.04. The van der Waals surface area contributed by atoms with E-state index in [1.165, 1.54) is 23.1 Å². The van der Waals surface area contributed by atoms with Gasteiger partial charge in [0, 0.05) is 10.6 Å². The van der Waals surface area contributed by atoms with Gasteiger partial charge in [0.2, 0.25) is 5.91 Å². The molecule has 0 saturated heterocycles. The number of thioether (sulfide) groups is 1. The molecular formula is C18H21NO4S2. The first kappa shape index (κ1) is 19.5. The Balaban J connectivity index is 2.26. The van der Waals surface area contributed by atoms with E-state index in [0.29, 0.717) is 16.3 Å². The molecule has 25 heavy (non-hydrogen) atoms. The second kappa shape index (κ2) is 9.60. The van der Waals surface area contributed by atoms with Crippen LogP contribution >= 0.6 is 23.1 Å². The van der Waals surface area contributed by atoms with E-state index in [2.05, 4.69) is 5.32 Å². The summed E-state index contributed by atoms with van der Waals surface area (Å²) >= 11 is 2.70. The molecule has 1 aromatic carbocycles. The van der Waals surface area contributed by atoms with Crippen molar-refractivity contribution in [2.45, 2.75) is 19.1 Å². The van der Waals surface area contributed by atoms with E-state index in [1.54, 1.807) is 19.9 Å². The number of aliphatic hydroxyl groups is 1. The molecule has 7 heteroatoms. The molecule has 1 heterocycles. The Morgan fingerprint density at radius 3 is 2.68 bits per heavy atom. The van der Waals surface area contributed by atoms with Crippen LogP contribution < -0.4 is 5.32 Å². The number of ether oxygens (including phenoxy) is 1. The number of carbonyl (C=O) groups excluding carboxylic acids is 2. The monoisotopic (exact) mass is 379 g/mol. The van der Waals surface area contributed by atoms with Gasteiger partial charge in [-0.2, -0.15) is 0 Å². The molecule has 2 N–H and O–H groups in total. The number of rotatable bonds is 8. The SMILES string of the molecule is CCOC(=O)c1cc(-c2ccccc2)sc1NC(=O)[C@H](C)SCCO. The number of benzene rings is 1. The fourth-order valence-electron chi connectivity index (χ4n) is 2.11. The summed E-state index contributed by atoms with van der Waals surface area (Å²) < 4.78 is 5.10. The fourth-order valence-corrected chi connectivity index (χ4v) is 3.83. The van der Waals surface area contributed by atoms with Gasteiger partial charge in [-0.05, 0) is 25.5 Å². The van der Waals surface area contributed by atoms with Crippen LogP contribution in [0.5, 0.6) is 0 Å². The molecule has 0 saturated carbocycles. The number of hydrogen-bond donors (Lipinski definition) is 2. The number of carbonyl (C=O) groups is 2. The van der Waals surface area contributed by atoms with Crippen molar-refractivity contribution in [1.29, 1.82) is 0 Å². The van der Waals surface area contributed by atoms with Gasteiger partial charge in [-0.1, -0.05) is 30.3 Å². The Labute approximate surface area is 155 Å². The molecule has 0 unspecified atom stereocenters. The van der Waals surface area contributed by atoms with Crippen molar-refractivity contribution in [3.05, 3.63) is 42.0 Å². The molecule has 1 amide bonds. The summed E-state index contributed by atoms with van der Waals surface area (Å²) in [6.07, 6.45) is 0. The van der Waals surface area contributed by atoms with Gasteiger partial charge in [0.25, 0.3) is 0 Å². The summed E-state index contributed by atoms with van der Waals surface area (Å²) in [5.74, 6) is -0.170. The third-order valence-electron chi connectivity index (χ3n) is 3.35. The zero-order valence-electron chi connectivity index (χ0n) is 14.2. The summed E-state index contributed by atoms with van der Waals surface area (Å²) in [7, 11) is 0. The average molecular weight is 380 g/mol. The van der Waals surface area contributed by atoms with Gasteiger partial charge < -0.3 is 15.2 Å². The maximum atomic E-state index is 12.3. The normalized spacial score (nSPS) is 11.8. The molecule has 1 atom stereocenters. The van der Waals surface area contributed by atoms with E-state index in [0.717, 1.165) is 10.4 Å². The lowest BCUT2D eigenvalue weighted by Gasteiger charge is -2.11. The van der Waals surface area contributed by atoms with Gasteiger partial charge in [0.1, 0.15) is 5.00 Å². The number of esters is 1. The molecule has 0 spiro atoms. The van der Waals surface area contributed by atoms with Crippen molar-refractivity contribution in [2.24, 2.45) is 0 Å². The Morgan fingerprint density at radius 1 is 1.32 bits per heavy atom. The Kier molecular flexibility index (Phi) is 7.49. The van der Waals surface area contributed by atoms with Crippen molar-refractivity contribution in [3.63, 3.8) is 0 Å². The van der Waals surface area contributed by atoms with Crippen molar-refractivity contribution in [1.82, 2.24) is 0 Å². The third kappa shape index (κ3) is 5.32. The van der Waals surface area contributed by atoms with Crippen molar-refractivity contribution in [2.75, 3.05) is 24.3 Å². The van der Waals surface area contributed by atoms with Crippen LogP contribution in [-0.4, -0.2) is 41.2 Å². The smallest absolute Gasteiger partial charge is 0.341 e. The van der Waals surface area contributed by atoms with Crippen LogP contribution in [0.15, 0.2) is 36.4 Å². The van der Waals surface area contributed by atoms with Crippen LogP contribution in [0.1, 0.15) is 24.2 Å². The first-order chi connectivity index (χ1) is 12.1. The first-order valence-electron chi connectivity index (χ1n) is 7.96. The number of thiophene rings is 1. The molecule has 0 aliphatic heterocycles. The number of nitrogens with one attached hydrogen (secondary N) is 1. The van der Waals surface area contributed by atoms with E-state index >= 15 is 0 Å². The molecule has 0 bridgehead atoms. The van der Waals surface area contributed by atoms with E-state index in [-0.39, 0.29) is 24.4 Å². The highest BCUT2D eigenvalue weighted by Gasteiger charge is 2.22. The van der Waals surface area contributed by atoms with Gasteiger partial charge in [0.05, 0.1) is 24.0 Å². The number of hydrogen-bond acceptors (Lipinski definition) is 6. The molecular weight excluding hydrogens is 358 g/mol. The zero-order chi connectivity index (χ0) is 18.2. The number of anilines is 1. The molecule has 2 aromatic rings. The number of aliphatic hydroxyl groups excluding tert-OH is 1. The standard InChI is InChI=1S/C18H21NO4S2/c1-3-23-18(22)14-11-15(13-7-5-4-6-8-13)25-17(14)19-16(21)12(2)24-10-9-20/h4-8,11-12,20H,3,9-10H2,1-2H3,(H,19,21)/t12-/m0/s1. The highest BCUT2D eigenvalue weighted by Crippen LogP contribution is 2.36. The Hall–Kier alpha value is -1.83. The maximum Gasteiger partial charge on any atom is 0.341 e. The summed E-state index contributed by atoms with van der Waals surface area (Å²) in [5, 5.41) is 11.9. The predicted molar refractivity (Wildman–Crippen MR) is 103 cm³/mol. The zero-order valence-corrected chi connectivity index (χ0v) is 15.8. The lowest BCUT2D eigenvalue weighted by atomic mass is 10.1. The van der Waals surface area contributed by atoms with Crippen LogP contribution in [-0.2, 0) is 9.53 Å². The lowest BCUT2D eigenvalue weighted by Crippen LogP contribution is -2.23. The van der Waals surface area contributed by atoms with Gasteiger partial charge >= 0.3 is 5.97 Å². The van der Waals surface area contributed by atoms with Crippen LogP contribution in [0.2, 0.25) is 0 Å². The van der Waals surface area contributed by atoms with E-state index < -0.39 is 5.97 Å².